The fraction of sp³-hybridized carbons (Fsp3) is 0.474. The quantitative estimate of drug-likeness (QED) is 0.750. The van der Waals surface area contributed by atoms with Crippen LogP contribution in [0.3, 0.4) is 0 Å². The highest BCUT2D eigenvalue weighted by Gasteiger charge is 2.43. The van der Waals surface area contributed by atoms with E-state index in [0.29, 0.717) is 44.0 Å². The number of nitrogens with zero attached hydrogens (tertiary/aromatic N) is 5. The number of pyridine rings is 1. The monoisotopic (exact) mass is 385 g/mol. The number of hydrogen-bond acceptors (Lipinski definition) is 6. The van der Waals surface area contributed by atoms with Crippen LogP contribution in [0.15, 0.2) is 37.1 Å². The van der Waals surface area contributed by atoms with Gasteiger partial charge in [-0.1, -0.05) is 0 Å². The molecule has 1 atom stereocenters. The third-order valence-electron chi connectivity index (χ3n) is 5.05. The van der Waals surface area contributed by atoms with Crippen molar-refractivity contribution in [3.05, 3.63) is 48.3 Å². The van der Waals surface area contributed by atoms with E-state index in [1.165, 1.54) is 0 Å². The standard InChI is InChI=1S/C19H23N5O4/c1-22-14-21-11-16(22)18(26)23-6-3-8-27-19(12-23)13-24(7-9-28-19)17(25)15-4-2-5-20-10-15/h2,4-5,10-11,14H,3,6-9,12-13H2,1H3. The van der Waals surface area contributed by atoms with Gasteiger partial charge in [0.25, 0.3) is 11.8 Å². The van der Waals surface area contributed by atoms with Crippen LogP contribution < -0.4 is 0 Å². The summed E-state index contributed by atoms with van der Waals surface area (Å²) in [5, 5.41) is 0. The first-order valence-corrected chi connectivity index (χ1v) is 9.31. The molecule has 4 rings (SSSR count). The Hall–Kier alpha value is -2.78. The molecular weight excluding hydrogens is 362 g/mol. The van der Waals surface area contributed by atoms with E-state index in [9.17, 15) is 9.59 Å². The Labute approximate surface area is 162 Å². The zero-order chi connectivity index (χ0) is 19.6. The molecule has 0 radical (unpaired) electrons. The van der Waals surface area contributed by atoms with Gasteiger partial charge in [0.15, 0.2) is 0 Å². The minimum Gasteiger partial charge on any atom is -0.347 e. The van der Waals surface area contributed by atoms with E-state index < -0.39 is 5.79 Å². The van der Waals surface area contributed by atoms with Crippen molar-refractivity contribution in [2.24, 2.45) is 7.05 Å². The summed E-state index contributed by atoms with van der Waals surface area (Å²) in [5.41, 5.74) is 1.03. The SMILES string of the molecule is Cn1cncc1C(=O)N1CCCOC2(CN(C(=O)c3cccnc3)CCO2)C1. The van der Waals surface area contributed by atoms with Crippen LogP contribution in [-0.2, 0) is 16.5 Å². The van der Waals surface area contributed by atoms with Gasteiger partial charge in [0.2, 0.25) is 5.79 Å². The lowest BCUT2D eigenvalue weighted by atomic mass is 10.1. The maximum absolute atomic E-state index is 13.0. The van der Waals surface area contributed by atoms with Gasteiger partial charge < -0.3 is 23.8 Å². The Morgan fingerprint density at radius 1 is 1.04 bits per heavy atom. The van der Waals surface area contributed by atoms with Crippen LogP contribution in [0.4, 0.5) is 0 Å². The smallest absolute Gasteiger partial charge is 0.272 e. The Morgan fingerprint density at radius 3 is 2.54 bits per heavy atom. The van der Waals surface area contributed by atoms with Crippen LogP contribution in [0.2, 0.25) is 0 Å². The van der Waals surface area contributed by atoms with Gasteiger partial charge >= 0.3 is 0 Å². The molecule has 9 heteroatoms. The van der Waals surface area contributed by atoms with Gasteiger partial charge in [-0.25, -0.2) is 4.98 Å². The van der Waals surface area contributed by atoms with Crippen LogP contribution in [-0.4, -0.2) is 81.3 Å². The Morgan fingerprint density at radius 2 is 1.82 bits per heavy atom. The second-order valence-electron chi connectivity index (χ2n) is 7.05. The fourth-order valence-electron chi connectivity index (χ4n) is 3.61. The number of morpholine rings is 1. The van der Waals surface area contributed by atoms with E-state index in [4.69, 9.17) is 9.47 Å². The van der Waals surface area contributed by atoms with Gasteiger partial charge in [0, 0.05) is 32.5 Å². The Kier molecular flexibility index (Phi) is 5.10. The second-order valence-corrected chi connectivity index (χ2v) is 7.05. The summed E-state index contributed by atoms with van der Waals surface area (Å²) >= 11 is 0. The summed E-state index contributed by atoms with van der Waals surface area (Å²) < 4.78 is 13.7. The summed E-state index contributed by atoms with van der Waals surface area (Å²) in [5.74, 6) is -1.27. The first-order valence-electron chi connectivity index (χ1n) is 9.31. The van der Waals surface area contributed by atoms with Crippen molar-refractivity contribution >= 4 is 11.8 Å². The molecule has 2 aromatic rings. The van der Waals surface area contributed by atoms with Crippen LogP contribution in [0.25, 0.3) is 0 Å². The zero-order valence-corrected chi connectivity index (χ0v) is 15.8. The highest BCUT2D eigenvalue weighted by molar-refractivity contribution is 5.94. The molecule has 0 aliphatic carbocycles. The maximum Gasteiger partial charge on any atom is 0.272 e. The molecule has 0 N–H and O–H groups in total. The zero-order valence-electron chi connectivity index (χ0n) is 15.8. The summed E-state index contributed by atoms with van der Waals surface area (Å²) in [6, 6.07) is 3.48. The summed E-state index contributed by atoms with van der Waals surface area (Å²) in [6.07, 6.45) is 7.04. The lowest BCUT2D eigenvalue weighted by Gasteiger charge is -2.43. The van der Waals surface area contributed by atoms with E-state index in [0.717, 1.165) is 0 Å². The highest BCUT2D eigenvalue weighted by Crippen LogP contribution is 2.26. The molecule has 2 aromatic heterocycles. The third-order valence-corrected chi connectivity index (χ3v) is 5.05. The molecule has 0 saturated carbocycles. The molecule has 2 aliphatic heterocycles. The number of carbonyl (C=O) groups excluding carboxylic acids is 2. The van der Waals surface area contributed by atoms with Crippen molar-refractivity contribution in [3.63, 3.8) is 0 Å². The fourth-order valence-corrected chi connectivity index (χ4v) is 3.61. The number of amides is 2. The van der Waals surface area contributed by atoms with Crippen molar-refractivity contribution in [2.45, 2.75) is 12.2 Å². The molecule has 2 amide bonds. The van der Waals surface area contributed by atoms with Crippen LogP contribution in [0.5, 0.6) is 0 Å². The lowest BCUT2D eigenvalue weighted by Crippen LogP contribution is -2.59. The highest BCUT2D eigenvalue weighted by atomic mass is 16.7. The lowest BCUT2D eigenvalue weighted by molar-refractivity contribution is -0.258. The van der Waals surface area contributed by atoms with Crippen molar-refractivity contribution in [3.8, 4) is 0 Å². The number of carbonyl (C=O) groups is 2. The number of imidazole rings is 1. The van der Waals surface area contributed by atoms with Crippen LogP contribution in [0, 0.1) is 0 Å². The average molecular weight is 385 g/mol. The molecule has 1 spiro atoms. The van der Waals surface area contributed by atoms with Crippen molar-refractivity contribution in [2.75, 3.05) is 39.4 Å². The minimum absolute atomic E-state index is 0.117. The molecule has 2 fully saturated rings. The molecule has 0 aromatic carbocycles. The first kappa shape index (κ1) is 18.6. The van der Waals surface area contributed by atoms with Crippen molar-refractivity contribution in [1.82, 2.24) is 24.3 Å². The molecule has 28 heavy (non-hydrogen) atoms. The largest absolute Gasteiger partial charge is 0.347 e. The summed E-state index contributed by atoms with van der Waals surface area (Å²) in [7, 11) is 1.79. The van der Waals surface area contributed by atoms with Gasteiger partial charge in [-0.05, 0) is 18.6 Å². The molecule has 4 heterocycles. The average Bonchev–Trinajstić information content (AvgIpc) is 3.05. The van der Waals surface area contributed by atoms with Gasteiger partial charge in [0.05, 0.1) is 44.4 Å². The number of aryl methyl sites for hydroxylation is 1. The Balaban J connectivity index is 1.53. The summed E-state index contributed by atoms with van der Waals surface area (Å²) in [6.45, 7) is 2.35. The van der Waals surface area contributed by atoms with Crippen LogP contribution >= 0.6 is 0 Å². The van der Waals surface area contributed by atoms with E-state index in [2.05, 4.69) is 9.97 Å². The molecule has 9 nitrogen and oxygen atoms in total. The van der Waals surface area contributed by atoms with Crippen molar-refractivity contribution in [1.29, 1.82) is 0 Å². The topological polar surface area (TPSA) is 89.8 Å². The minimum atomic E-state index is -1.03. The number of ether oxygens (including phenoxy) is 2. The van der Waals surface area contributed by atoms with E-state index in [1.807, 2.05) is 0 Å². The van der Waals surface area contributed by atoms with Crippen LogP contribution in [0.1, 0.15) is 27.3 Å². The second kappa shape index (κ2) is 7.69. The normalized spacial score (nSPS) is 22.9. The molecule has 2 saturated heterocycles. The first-order chi connectivity index (χ1) is 13.6. The molecule has 2 aliphatic rings. The molecule has 148 valence electrons. The predicted molar refractivity (Wildman–Crippen MR) is 98.5 cm³/mol. The van der Waals surface area contributed by atoms with E-state index in [-0.39, 0.29) is 24.9 Å². The van der Waals surface area contributed by atoms with Gasteiger partial charge in [-0.3, -0.25) is 14.6 Å². The Bertz CT molecular complexity index is 855. The molecule has 0 bridgehead atoms. The predicted octanol–water partition coefficient (Wildman–Crippen LogP) is 0.546. The van der Waals surface area contributed by atoms with Gasteiger partial charge in [-0.2, -0.15) is 0 Å². The van der Waals surface area contributed by atoms with E-state index in [1.54, 1.807) is 58.5 Å². The van der Waals surface area contributed by atoms with E-state index >= 15 is 0 Å². The molecule has 1 unspecified atom stereocenters. The van der Waals surface area contributed by atoms with Gasteiger partial charge in [0.1, 0.15) is 5.69 Å². The number of aromatic nitrogens is 3. The number of rotatable bonds is 2. The van der Waals surface area contributed by atoms with Gasteiger partial charge in [-0.15, -0.1) is 0 Å². The molecular formula is C19H23N5O4. The number of hydrogen-bond donors (Lipinski definition) is 0. The maximum atomic E-state index is 13.0. The van der Waals surface area contributed by atoms with Crippen molar-refractivity contribution < 1.29 is 19.1 Å². The third kappa shape index (κ3) is 3.63. The summed E-state index contributed by atoms with van der Waals surface area (Å²) in [4.78, 5) is 37.3.